The highest BCUT2D eigenvalue weighted by atomic mass is 19.4. The number of methoxy groups -OCH3 is 1. The first-order chi connectivity index (χ1) is 13.9. The van der Waals surface area contributed by atoms with Gasteiger partial charge in [0.05, 0.1) is 24.1 Å². The van der Waals surface area contributed by atoms with Crippen LogP contribution in [0.4, 0.5) is 13.2 Å². The van der Waals surface area contributed by atoms with Crippen LogP contribution in [0.1, 0.15) is 22.5 Å². The minimum Gasteiger partial charge on any atom is -0.481 e. The van der Waals surface area contributed by atoms with Gasteiger partial charge in [0.2, 0.25) is 5.88 Å². The van der Waals surface area contributed by atoms with E-state index < -0.39 is 11.7 Å². The third kappa shape index (κ3) is 3.85. The van der Waals surface area contributed by atoms with Crippen LogP contribution in [-0.2, 0) is 32.7 Å². The molecule has 0 amide bonds. The first kappa shape index (κ1) is 19.4. The van der Waals surface area contributed by atoms with Crippen LogP contribution in [0.3, 0.4) is 0 Å². The van der Waals surface area contributed by atoms with Crippen LogP contribution >= 0.6 is 0 Å². The standard InChI is InChI=1S/C21H21F3N4O/c1-27-18-13-28(12-15-4-3-10-25-20(15)29-2)11-9-17(18)26-19(27)14-5-7-16(8-6-14)21(22,23)24/h3-8,10H,9,11-13H2,1-2H3. The zero-order valence-corrected chi connectivity index (χ0v) is 16.2. The van der Waals surface area contributed by atoms with Gasteiger partial charge >= 0.3 is 6.18 Å². The first-order valence-electron chi connectivity index (χ1n) is 9.29. The topological polar surface area (TPSA) is 43.2 Å². The molecule has 29 heavy (non-hydrogen) atoms. The summed E-state index contributed by atoms with van der Waals surface area (Å²) >= 11 is 0. The van der Waals surface area contributed by atoms with Gasteiger partial charge < -0.3 is 9.30 Å². The van der Waals surface area contributed by atoms with Gasteiger partial charge in [0.1, 0.15) is 5.82 Å². The molecule has 0 atom stereocenters. The van der Waals surface area contributed by atoms with E-state index in [9.17, 15) is 13.2 Å². The van der Waals surface area contributed by atoms with E-state index in [1.54, 1.807) is 13.3 Å². The van der Waals surface area contributed by atoms with Crippen molar-refractivity contribution in [2.24, 2.45) is 7.05 Å². The van der Waals surface area contributed by atoms with Crippen LogP contribution in [0, 0.1) is 0 Å². The van der Waals surface area contributed by atoms with E-state index in [-0.39, 0.29) is 0 Å². The second kappa shape index (κ2) is 7.51. The molecule has 8 heteroatoms. The Balaban J connectivity index is 1.56. The van der Waals surface area contributed by atoms with Gasteiger partial charge in [-0.05, 0) is 18.2 Å². The average Bonchev–Trinajstić information content (AvgIpc) is 3.04. The minimum atomic E-state index is -4.34. The number of alkyl halides is 3. The van der Waals surface area contributed by atoms with Crippen LogP contribution in [0.5, 0.6) is 5.88 Å². The summed E-state index contributed by atoms with van der Waals surface area (Å²) in [6.45, 7) is 2.25. The molecule has 0 unspecified atom stereocenters. The number of rotatable bonds is 4. The Morgan fingerprint density at radius 2 is 1.90 bits per heavy atom. The second-order valence-corrected chi connectivity index (χ2v) is 7.10. The van der Waals surface area contributed by atoms with Crippen LogP contribution in [0.2, 0.25) is 0 Å². The quantitative estimate of drug-likeness (QED) is 0.660. The summed E-state index contributed by atoms with van der Waals surface area (Å²) in [5.41, 5.74) is 3.11. The van der Waals surface area contributed by atoms with Crippen molar-refractivity contribution in [3.8, 4) is 17.3 Å². The van der Waals surface area contributed by atoms with E-state index in [2.05, 4.69) is 9.88 Å². The highest BCUT2D eigenvalue weighted by Crippen LogP contribution is 2.32. The average molecular weight is 402 g/mol. The molecule has 0 saturated carbocycles. The summed E-state index contributed by atoms with van der Waals surface area (Å²) in [4.78, 5) is 11.2. The molecule has 0 aliphatic carbocycles. The zero-order chi connectivity index (χ0) is 20.6. The number of halogens is 3. The number of hydrogen-bond donors (Lipinski definition) is 0. The lowest BCUT2D eigenvalue weighted by Gasteiger charge is -2.27. The fraction of sp³-hybridized carbons (Fsp3) is 0.333. The van der Waals surface area contributed by atoms with Crippen molar-refractivity contribution < 1.29 is 17.9 Å². The predicted octanol–water partition coefficient (Wildman–Crippen LogP) is 4.07. The van der Waals surface area contributed by atoms with Gasteiger partial charge in [0.25, 0.3) is 0 Å². The smallest absolute Gasteiger partial charge is 0.416 e. The molecule has 0 fully saturated rings. The molecular weight excluding hydrogens is 381 g/mol. The fourth-order valence-electron chi connectivity index (χ4n) is 3.71. The van der Waals surface area contributed by atoms with Gasteiger partial charge in [-0.2, -0.15) is 13.2 Å². The maximum atomic E-state index is 12.8. The van der Waals surface area contributed by atoms with Crippen molar-refractivity contribution >= 4 is 0 Å². The summed E-state index contributed by atoms with van der Waals surface area (Å²) in [6.07, 6.45) is -1.85. The molecule has 4 rings (SSSR count). The maximum Gasteiger partial charge on any atom is 0.416 e. The molecule has 0 saturated heterocycles. The van der Waals surface area contributed by atoms with Gasteiger partial charge in [0.15, 0.2) is 0 Å². The first-order valence-corrected chi connectivity index (χ1v) is 9.29. The lowest BCUT2D eigenvalue weighted by atomic mass is 10.1. The summed E-state index contributed by atoms with van der Waals surface area (Å²) in [6, 6.07) is 9.05. The largest absolute Gasteiger partial charge is 0.481 e. The highest BCUT2D eigenvalue weighted by molar-refractivity contribution is 5.58. The summed E-state index contributed by atoms with van der Waals surface area (Å²) in [5, 5.41) is 0. The van der Waals surface area contributed by atoms with E-state index in [1.807, 2.05) is 23.7 Å². The van der Waals surface area contributed by atoms with Crippen LogP contribution < -0.4 is 4.74 Å². The SMILES string of the molecule is COc1ncccc1CN1CCc2nc(-c3ccc(C(F)(F)F)cc3)n(C)c2C1. The molecule has 1 aliphatic rings. The Kier molecular flexibility index (Phi) is 5.04. The number of imidazole rings is 1. The Labute approximate surface area is 166 Å². The molecule has 0 spiro atoms. The van der Waals surface area contributed by atoms with Crippen LogP contribution in [0.25, 0.3) is 11.4 Å². The Morgan fingerprint density at radius 1 is 1.14 bits per heavy atom. The van der Waals surface area contributed by atoms with Crippen molar-refractivity contribution in [2.45, 2.75) is 25.7 Å². The molecule has 0 N–H and O–H groups in total. The van der Waals surface area contributed by atoms with Crippen molar-refractivity contribution in [3.63, 3.8) is 0 Å². The van der Waals surface area contributed by atoms with Gasteiger partial charge in [-0.3, -0.25) is 4.90 Å². The molecule has 0 radical (unpaired) electrons. The molecule has 1 aromatic carbocycles. The number of hydrogen-bond acceptors (Lipinski definition) is 4. The normalized spacial score (nSPS) is 14.7. The van der Waals surface area contributed by atoms with Crippen molar-refractivity contribution in [1.82, 2.24) is 19.4 Å². The Hall–Kier alpha value is -2.87. The van der Waals surface area contributed by atoms with E-state index in [4.69, 9.17) is 9.72 Å². The van der Waals surface area contributed by atoms with Crippen molar-refractivity contribution in [2.75, 3.05) is 13.7 Å². The molecule has 0 bridgehead atoms. The molecule has 3 heterocycles. The maximum absolute atomic E-state index is 12.8. The molecule has 3 aromatic rings. The van der Waals surface area contributed by atoms with E-state index >= 15 is 0 Å². The Morgan fingerprint density at radius 3 is 2.59 bits per heavy atom. The molecule has 5 nitrogen and oxygen atoms in total. The number of aromatic nitrogens is 3. The minimum absolute atomic E-state index is 0.619. The van der Waals surface area contributed by atoms with Crippen molar-refractivity contribution in [3.05, 3.63) is 65.1 Å². The monoisotopic (exact) mass is 402 g/mol. The molecular formula is C21H21F3N4O. The van der Waals surface area contributed by atoms with Gasteiger partial charge in [-0.25, -0.2) is 9.97 Å². The van der Waals surface area contributed by atoms with Crippen molar-refractivity contribution in [1.29, 1.82) is 0 Å². The lowest BCUT2D eigenvalue weighted by molar-refractivity contribution is -0.137. The van der Waals surface area contributed by atoms with Gasteiger partial charge in [0, 0.05) is 50.4 Å². The number of nitrogens with zero attached hydrogens (tertiary/aromatic N) is 4. The molecule has 2 aromatic heterocycles. The van der Waals surface area contributed by atoms with E-state index in [0.29, 0.717) is 30.4 Å². The summed E-state index contributed by atoms with van der Waals surface area (Å²) < 4.78 is 45.8. The fourth-order valence-corrected chi connectivity index (χ4v) is 3.71. The number of benzene rings is 1. The van der Waals surface area contributed by atoms with Crippen LogP contribution in [0.15, 0.2) is 42.6 Å². The highest BCUT2D eigenvalue weighted by Gasteiger charge is 2.30. The van der Waals surface area contributed by atoms with Gasteiger partial charge in [-0.15, -0.1) is 0 Å². The third-order valence-corrected chi connectivity index (χ3v) is 5.24. The molecule has 1 aliphatic heterocycles. The zero-order valence-electron chi connectivity index (χ0n) is 16.2. The number of ether oxygens (including phenoxy) is 1. The summed E-state index contributed by atoms with van der Waals surface area (Å²) in [5.74, 6) is 1.30. The molecule has 152 valence electrons. The van der Waals surface area contributed by atoms with Crippen LogP contribution in [-0.4, -0.2) is 33.1 Å². The lowest BCUT2D eigenvalue weighted by Crippen LogP contribution is -2.31. The third-order valence-electron chi connectivity index (χ3n) is 5.24. The Bertz CT molecular complexity index is 1010. The van der Waals surface area contributed by atoms with E-state index in [0.717, 1.165) is 42.0 Å². The number of fused-ring (bicyclic) bond motifs is 1. The summed E-state index contributed by atoms with van der Waals surface area (Å²) in [7, 11) is 3.52. The number of pyridine rings is 1. The van der Waals surface area contributed by atoms with Gasteiger partial charge in [-0.1, -0.05) is 18.2 Å². The van der Waals surface area contributed by atoms with E-state index in [1.165, 1.54) is 12.1 Å². The predicted molar refractivity (Wildman–Crippen MR) is 102 cm³/mol. The second-order valence-electron chi connectivity index (χ2n) is 7.10.